The van der Waals surface area contributed by atoms with E-state index in [4.69, 9.17) is 0 Å². The quantitative estimate of drug-likeness (QED) is 0.652. The van der Waals surface area contributed by atoms with Crippen molar-refractivity contribution in [3.8, 4) is 0 Å². The van der Waals surface area contributed by atoms with Gasteiger partial charge in [-0.3, -0.25) is 4.98 Å². The first-order valence-electron chi connectivity index (χ1n) is 5.01. The third-order valence-electron chi connectivity index (χ3n) is 2.20. The second-order valence-corrected chi connectivity index (χ2v) is 4.87. The SMILES string of the molecule is CC(C)=C(c1cccnc1)C(C)(C)C. The zero-order valence-electron chi connectivity index (χ0n) is 9.76. The lowest BCUT2D eigenvalue weighted by molar-refractivity contribution is 0.563. The highest BCUT2D eigenvalue weighted by atomic mass is 14.6. The minimum atomic E-state index is 0.182. The average Bonchev–Trinajstić information content (AvgIpc) is 2.02. The van der Waals surface area contributed by atoms with Crippen LogP contribution >= 0.6 is 0 Å². The number of hydrogen-bond donors (Lipinski definition) is 0. The molecule has 1 heteroatoms. The summed E-state index contributed by atoms with van der Waals surface area (Å²) >= 11 is 0. The van der Waals surface area contributed by atoms with E-state index >= 15 is 0 Å². The molecule has 14 heavy (non-hydrogen) atoms. The van der Waals surface area contributed by atoms with Crippen LogP contribution < -0.4 is 0 Å². The molecule has 0 radical (unpaired) electrons. The highest BCUT2D eigenvalue weighted by molar-refractivity contribution is 5.71. The Hall–Kier alpha value is -1.11. The van der Waals surface area contributed by atoms with Crippen LogP contribution in [0.1, 0.15) is 40.2 Å². The van der Waals surface area contributed by atoms with Gasteiger partial charge in [0, 0.05) is 12.4 Å². The molecule has 0 atom stereocenters. The second kappa shape index (κ2) is 3.95. The maximum absolute atomic E-state index is 4.17. The monoisotopic (exact) mass is 189 g/mol. The largest absolute Gasteiger partial charge is 0.264 e. The molecule has 0 amide bonds. The zero-order valence-corrected chi connectivity index (χ0v) is 9.76. The van der Waals surface area contributed by atoms with Gasteiger partial charge in [-0.05, 0) is 36.5 Å². The summed E-state index contributed by atoms with van der Waals surface area (Å²) in [4.78, 5) is 4.17. The van der Waals surface area contributed by atoms with Gasteiger partial charge in [0.2, 0.25) is 0 Å². The summed E-state index contributed by atoms with van der Waals surface area (Å²) in [6, 6.07) is 4.12. The lowest BCUT2D eigenvalue weighted by Gasteiger charge is -2.25. The van der Waals surface area contributed by atoms with E-state index in [9.17, 15) is 0 Å². The van der Waals surface area contributed by atoms with Crippen molar-refractivity contribution in [2.24, 2.45) is 5.41 Å². The normalized spacial score (nSPS) is 11.2. The van der Waals surface area contributed by atoms with Gasteiger partial charge in [-0.25, -0.2) is 0 Å². The Morgan fingerprint density at radius 1 is 1.21 bits per heavy atom. The Labute approximate surface area is 86.9 Å². The molecular formula is C13H19N. The fourth-order valence-corrected chi connectivity index (χ4v) is 1.98. The van der Waals surface area contributed by atoms with Crippen LogP contribution in [0.4, 0.5) is 0 Å². The molecule has 1 aromatic heterocycles. The molecule has 0 aliphatic rings. The molecule has 0 aliphatic carbocycles. The van der Waals surface area contributed by atoms with Crippen molar-refractivity contribution in [3.05, 3.63) is 35.7 Å². The summed E-state index contributed by atoms with van der Waals surface area (Å²) in [5, 5.41) is 0. The number of rotatable bonds is 1. The maximum atomic E-state index is 4.17. The summed E-state index contributed by atoms with van der Waals surface area (Å²) in [6.45, 7) is 11.0. The van der Waals surface area contributed by atoms with Gasteiger partial charge in [-0.2, -0.15) is 0 Å². The minimum absolute atomic E-state index is 0.182. The highest BCUT2D eigenvalue weighted by Crippen LogP contribution is 2.35. The third kappa shape index (κ3) is 2.44. The van der Waals surface area contributed by atoms with Crippen LogP contribution in [0.5, 0.6) is 0 Å². The summed E-state index contributed by atoms with van der Waals surface area (Å²) in [5.41, 5.74) is 4.18. The van der Waals surface area contributed by atoms with Crippen LogP contribution in [-0.4, -0.2) is 4.98 Å². The molecule has 1 heterocycles. The first-order chi connectivity index (χ1) is 6.43. The van der Waals surface area contributed by atoms with Crippen molar-refractivity contribution in [2.45, 2.75) is 34.6 Å². The van der Waals surface area contributed by atoms with Crippen LogP contribution in [-0.2, 0) is 0 Å². The topological polar surface area (TPSA) is 12.9 Å². The van der Waals surface area contributed by atoms with E-state index in [1.165, 1.54) is 16.7 Å². The lowest BCUT2D eigenvalue weighted by atomic mass is 9.80. The zero-order chi connectivity index (χ0) is 10.8. The van der Waals surface area contributed by atoms with Crippen molar-refractivity contribution in [3.63, 3.8) is 0 Å². The Balaban J connectivity index is 3.24. The van der Waals surface area contributed by atoms with Gasteiger partial charge in [-0.15, -0.1) is 0 Å². The summed E-state index contributed by atoms with van der Waals surface area (Å²) in [5.74, 6) is 0. The Bertz CT molecular complexity index is 324. The van der Waals surface area contributed by atoms with Gasteiger partial charge in [-0.1, -0.05) is 32.4 Å². The maximum Gasteiger partial charge on any atom is 0.0343 e. The van der Waals surface area contributed by atoms with E-state index in [0.29, 0.717) is 0 Å². The van der Waals surface area contributed by atoms with Crippen LogP contribution in [0.25, 0.3) is 5.57 Å². The van der Waals surface area contributed by atoms with Crippen LogP contribution in [0.2, 0.25) is 0 Å². The number of aromatic nitrogens is 1. The van der Waals surface area contributed by atoms with Gasteiger partial charge in [0.05, 0.1) is 0 Å². The van der Waals surface area contributed by atoms with Crippen LogP contribution in [0.3, 0.4) is 0 Å². The molecule has 1 rings (SSSR count). The smallest absolute Gasteiger partial charge is 0.0343 e. The van der Waals surface area contributed by atoms with E-state index in [1.54, 1.807) is 0 Å². The van der Waals surface area contributed by atoms with E-state index in [2.05, 4.69) is 45.7 Å². The summed E-state index contributed by atoms with van der Waals surface area (Å²) < 4.78 is 0. The standard InChI is InChI=1S/C13H19N/c1-10(2)12(13(3,4)5)11-7-6-8-14-9-11/h6-9H,1-5H3. The molecule has 0 aromatic carbocycles. The van der Waals surface area contributed by atoms with Crippen LogP contribution in [0, 0.1) is 5.41 Å². The Morgan fingerprint density at radius 2 is 1.86 bits per heavy atom. The number of pyridine rings is 1. The lowest BCUT2D eigenvalue weighted by Crippen LogP contribution is -2.10. The van der Waals surface area contributed by atoms with E-state index in [0.717, 1.165) is 0 Å². The molecule has 0 saturated carbocycles. The van der Waals surface area contributed by atoms with E-state index < -0.39 is 0 Å². The van der Waals surface area contributed by atoms with Gasteiger partial charge >= 0.3 is 0 Å². The second-order valence-electron chi connectivity index (χ2n) is 4.87. The predicted octanol–water partition coefficient (Wildman–Crippen LogP) is 3.92. The molecule has 0 N–H and O–H groups in total. The predicted molar refractivity (Wildman–Crippen MR) is 62.0 cm³/mol. The molecule has 0 aliphatic heterocycles. The first kappa shape index (κ1) is 11.0. The van der Waals surface area contributed by atoms with Crippen molar-refractivity contribution in [1.29, 1.82) is 0 Å². The van der Waals surface area contributed by atoms with Gasteiger partial charge < -0.3 is 0 Å². The fraction of sp³-hybridized carbons (Fsp3) is 0.462. The third-order valence-corrected chi connectivity index (χ3v) is 2.20. The summed E-state index contributed by atoms with van der Waals surface area (Å²) in [7, 11) is 0. The van der Waals surface area contributed by atoms with Gasteiger partial charge in [0.1, 0.15) is 0 Å². The molecule has 1 aromatic rings. The molecule has 0 unspecified atom stereocenters. The minimum Gasteiger partial charge on any atom is -0.264 e. The number of allylic oxidation sites excluding steroid dienone is 2. The number of hydrogen-bond acceptors (Lipinski definition) is 1. The molecule has 0 spiro atoms. The Morgan fingerprint density at radius 3 is 2.21 bits per heavy atom. The van der Waals surface area contributed by atoms with Gasteiger partial charge in [0.25, 0.3) is 0 Å². The van der Waals surface area contributed by atoms with E-state index in [1.807, 2.05) is 18.5 Å². The highest BCUT2D eigenvalue weighted by Gasteiger charge is 2.19. The van der Waals surface area contributed by atoms with Crippen molar-refractivity contribution < 1.29 is 0 Å². The van der Waals surface area contributed by atoms with Gasteiger partial charge in [0.15, 0.2) is 0 Å². The average molecular weight is 189 g/mol. The van der Waals surface area contributed by atoms with E-state index in [-0.39, 0.29) is 5.41 Å². The summed E-state index contributed by atoms with van der Waals surface area (Å²) in [6.07, 6.45) is 3.75. The molecule has 0 saturated heterocycles. The molecule has 0 fully saturated rings. The molecule has 0 bridgehead atoms. The molecule has 1 nitrogen and oxygen atoms in total. The Kier molecular flexibility index (Phi) is 3.10. The van der Waals surface area contributed by atoms with Crippen molar-refractivity contribution >= 4 is 5.57 Å². The fourth-order valence-electron chi connectivity index (χ4n) is 1.98. The number of nitrogens with zero attached hydrogens (tertiary/aromatic N) is 1. The van der Waals surface area contributed by atoms with Crippen LogP contribution in [0.15, 0.2) is 30.1 Å². The first-order valence-corrected chi connectivity index (χ1v) is 5.01. The van der Waals surface area contributed by atoms with Crippen molar-refractivity contribution in [1.82, 2.24) is 4.98 Å². The molecule has 76 valence electrons. The molecular weight excluding hydrogens is 170 g/mol. The van der Waals surface area contributed by atoms with Crippen molar-refractivity contribution in [2.75, 3.05) is 0 Å².